The van der Waals surface area contributed by atoms with Gasteiger partial charge in [-0.25, -0.2) is 4.98 Å². The second-order valence-electron chi connectivity index (χ2n) is 6.36. The van der Waals surface area contributed by atoms with Crippen LogP contribution >= 0.6 is 0 Å². The lowest BCUT2D eigenvalue weighted by atomic mass is 10.1. The molecule has 0 spiro atoms. The first-order valence-corrected chi connectivity index (χ1v) is 8.38. The minimum absolute atomic E-state index is 0.602. The summed E-state index contributed by atoms with van der Waals surface area (Å²) in [5, 5.41) is 3.69. The van der Waals surface area contributed by atoms with Gasteiger partial charge in [0.15, 0.2) is 0 Å². The average molecular weight is 276 g/mol. The van der Waals surface area contributed by atoms with Crippen LogP contribution in [-0.2, 0) is 0 Å². The maximum Gasteiger partial charge on any atom is 0.203 e. The van der Waals surface area contributed by atoms with E-state index in [9.17, 15) is 0 Å². The van der Waals surface area contributed by atoms with Crippen molar-refractivity contribution in [3.8, 4) is 0 Å². The van der Waals surface area contributed by atoms with E-state index in [0.29, 0.717) is 12.1 Å². The Bertz CT molecular complexity index is 400. The number of imidazole rings is 1. The third kappa shape index (κ3) is 3.17. The molecule has 0 unspecified atom stereocenters. The van der Waals surface area contributed by atoms with E-state index in [-0.39, 0.29) is 0 Å². The molecule has 1 aromatic rings. The lowest BCUT2D eigenvalue weighted by molar-refractivity contribution is 0.219. The highest BCUT2D eigenvalue weighted by molar-refractivity contribution is 5.29. The summed E-state index contributed by atoms with van der Waals surface area (Å²) >= 11 is 0. The molecule has 1 saturated heterocycles. The SMILES string of the molecule is CCCN1CCC(Nc2nccn2C2CCCC2)CC1. The smallest absolute Gasteiger partial charge is 0.203 e. The molecule has 1 aromatic heterocycles. The van der Waals surface area contributed by atoms with Gasteiger partial charge in [0.2, 0.25) is 5.95 Å². The largest absolute Gasteiger partial charge is 0.353 e. The molecule has 0 atom stereocenters. The molecule has 0 amide bonds. The summed E-state index contributed by atoms with van der Waals surface area (Å²) in [5.41, 5.74) is 0. The van der Waals surface area contributed by atoms with Gasteiger partial charge in [-0.05, 0) is 38.6 Å². The molecule has 2 fully saturated rings. The van der Waals surface area contributed by atoms with Crippen LogP contribution in [0.3, 0.4) is 0 Å². The number of rotatable bonds is 5. The first-order valence-electron chi connectivity index (χ1n) is 8.38. The van der Waals surface area contributed by atoms with E-state index in [4.69, 9.17) is 0 Å². The van der Waals surface area contributed by atoms with E-state index < -0.39 is 0 Å². The number of nitrogens with one attached hydrogen (secondary N) is 1. The van der Waals surface area contributed by atoms with Crippen LogP contribution < -0.4 is 5.32 Å². The van der Waals surface area contributed by atoms with Gasteiger partial charge in [-0.1, -0.05) is 19.8 Å². The summed E-state index contributed by atoms with van der Waals surface area (Å²) < 4.78 is 2.38. The van der Waals surface area contributed by atoms with Crippen LogP contribution in [0.25, 0.3) is 0 Å². The molecule has 20 heavy (non-hydrogen) atoms. The van der Waals surface area contributed by atoms with Crippen LogP contribution in [0.1, 0.15) is 57.9 Å². The first kappa shape index (κ1) is 13.9. The zero-order valence-corrected chi connectivity index (χ0v) is 12.7. The molecule has 2 aliphatic rings. The van der Waals surface area contributed by atoms with Crippen molar-refractivity contribution in [2.45, 2.75) is 64.0 Å². The first-order chi connectivity index (χ1) is 9.86. The molecule has 0 bridgehead atoms. The number of hydrogen-bond donors (Lipinski definition) is 1. The zero-order valence-electron chi connectivity index (χ0n) is 12.7. The second-order valence-corrected chi connectivity index (χ2v) is 6.36. The Morgan fingerprint density at radius 1 is 1.20 bits per heavy atom. The van der Waals surface area contributed by atoms with E-state index in [1.807, 2.05) is 6.20 Å². The van der Waals surface area contributed by atoms with Gasteiger partial charge in [0.1, 0.15) is 0 Å². The molecule has 1 aliphatic heterocycles. The van der Waals surface area contributed by atoms with Crippen LogP contribution in [0.15, 0.2) is 12.4 Å². The Labute approximate surface area is 122 Å². The minimum Gasteiger partial charge on any atom is -0.353 e. The van der Waals surface area contributed by atoms with E-state index in [2.05, 4.69) is 32.9 Å². The Kier molecular flexibility index (Phi) is 4.61. The normalized spacial score (nSPS) is 22.4. The highest BCUT2D eigenvalue weighted by Gasteiger charge is 2.22. The van der Waals surface area contributed by atoms with Crippen molar-refractivity contribution in [3.63, 3.8) is 0 Å². The maximum atomic E-state index is 4.55. The van der Waals surface area contributed by atoms with Gasteiger partial charge in [-0.3, -0.25) is 0 Å². The van der Waals surface area contributed by atoms with Gasteiger partial charge in [-0.15, -0.1) is 0 Å². The monoisotopic (exact) mass is 276 g/mol. The van der Waals surface area contributed by atoms with Crippen LogP contribution in [0, 0.1) is 0 Å². The Morgan fingerprint density at radius 3 is 2.65 bits per heavy atom. The van der Waals surface area contributed by atoms with Gasteiger partial charge in [0, 0.05) is 37.6 Å². The number of nitrogens with zero attached hydrogens (tertiary/aromatic N) is 3. The van der Waals surface area contributed by atoms with Crippen LogP contribution in [-0.4, -0.2) is 40.1 Å². The molecular formula is C16H28N4. The number of anilines is 1. The van der Waals surface area contributed by atoms with E-state index >= 15 is 0 Å². The minimum atomic E-state index is 0.602. The lowest BCUT2D eigenvalue weighted by Crippen LogP contribution is -2.39. The molecule has 1 saturated carbocycles. The van der Waals surface area contributed by atoms with Gasteiger partial charge in [0.25, 0.3) is 0 Å². The van der Waals surface area contributed by atoms with E-state index in [1.54, 1.807) is 0 Å². The van der Waals surface area contributed by atoms with Gasteiger partial charge in [0.05, 0.1) is 0 Å². The van der Waals surface area contributed by atoms with Crippen molar-refractivity contribution in [2.24, 2.45) is 0 Å². The summed E-state index contributed by atoms with van der Waals surface area (Å²) in [5.74, 6) is 1.10. The Morgan fingerprint density at radius 2 is 1.95 bits per heavy atom. The molecule has 4 nitrogen and oxygen atoms in total. The predicted octanol–water partition coefficient (Wildman–Crippen LogP) is 3.28. The molecule has 4 heteroatoms. The van der Waals surface area contributed by atoms with Gasteiger partial charge >= 0.3 is 0 Å². The summed E-state index contributed by atoms with van der Waals surface area (Å²) in [6.07, 6.45) is 13.3. The number of likely N-dealkylation sites (tertiary alicyclic amines) is 1. The topological polar surface area (TPSA) is 33.1 Å². The average Bonchev–Trinajstić information content (AvgIpc) is 3.12. The Hall–Kier alpha value is -1.03. The molecule has 1 N–H and O–H groups in total. The lowest BCUT2D eigenvalue weighted by Gasteiger charge is -2.32. The van der Waals surface area contributed by atoms with Crippen molar-refractivity contribution in [1.29, 1.82) is 0 Å². The summed E-state index contributed by atoms with van der Waals surface area (Å²) in [7, 11) is 0. The van der Waals surface area contributed by atoms with Crippen molar-refractivity contribution in [2.75, 3.05) is 25.0 Å². The molecule has 2 heterocycles. The highest BCUT2D eigenvalue weighted by Crippen LogP contribution is 2.31. The maximum absolute atomic E-state index is 4.55. The van der Waals surface area contributed by atoms with Crippen molar-refractivity contribution in [1.82, 2.24) is 14.5 Å². The van der Waals surface area contributed by atoms with E-state index in [0.717, 1.165) is 5.95 Å². The number of aromatic nitrogens is 2. The van der Waals surface area contributed by atoms with Crippen molar-refractivity contribution < 1.29 is 0 Å². The third-order valence-corrected chi connectivity index (χ3v) is 4.85. The molecule has 112 valence electrons. The van der Waals surface area contributed by atoms with Crippen molar-refractivity contribution >= 4 is 5.95 Å². The zero-order chi connectivity index (χ0) is 13.8. The van der Waals surface area contributed by atoms with Gasteiger partial charge in [-0.2, -0.15) is 0 Å². The van der Waals surface area contributed by atoms with Crippen LogP contribution in [0.5, 0.6) is 0 Å². The number of hydrogen-bond acceptors (Lipinski definition) is 3. The molecular weight excluding hydrogens is 248 g/mol. The van der Waals surface area contributed by atoms with E-state index in [1.165, 1.54) is 64.6 Å². The Balaban J connectivity index is 1.55. The second kappa shape index (κ2) is 6.61. The standard InChI is InChI=1S/C16H28N4/c1-2-10-19-11-7-14(8-12-19)18-16-17-9-13-20(16)15-5-3-4-6-15/h9,13-15H,2-8,10-12H2,1H3,(H,17,18). The quantitative estimate of drug-likeness (QED) is 0.896. The fourth-order valence-corrected chi connectivity index (χ4v) is 3.70. The molecule has 0 aromatic carbocycles. The van der Waals surface area contributed by atoms with Gasteiger partial charge < -0.3 is 14.8 Å². The predicted molar refractivity (Wildman–Crippen MR) is 83.1 cm³/mol. The number of piperidine rings is 1. The fourth-order valence-electron chi connectivity index (χ4n) is 3.70. The van der Waals surface area contributed by atoms with Crippen molar-refractivity contribution in [3.05, 3.63) is 12.4 Å². The molecule has 0 radical (unpaired) electrons. The summed E-state index contributed by atoms with van der Waals surface area (Å²) in [4.78, 5) is 7.13. The van der Waals surface area contributed by atoms with Crippen LogP contribution in [0.4, 0.5) is 5.95 Å². The fraction of sp³-hybridized carbons (Fsp3) is 0.812. The summed E-state index contributed by atoms with van der Waals surface area (Å²) in [6, 6.07) is 1.28. The summed E-state index contributed by atoms with van der Waals surface area (Å²) in [6.45, 7) is 5.98. The molecule has 3 rings (SSSR count). The highest BCUT2D eigenvalue weighted by atomic mass is 15.2. The molecule has 1 aliphatic carbocycles. The third-order valence-electron chi connectivity index (χ3n) is 4.85. The van der Waals surface area contributed by atoms with Crippen LogP contribution in [0.2, 0.25) is 0 Å².